The van der Waals surface area contributed by atoms with E-state index < -0.39 is 18.0 Å². The van der Waals surface area contributed by atoms with Crippen molar-refractivity contribution >= 4 is 60.9 Å². The number of nitrogens with zero attached hydrogens (tertiary/aromatic N) is 3. The number of carbonyl (C=O) groups excluding carboxylic acids is 2. The van der Waals surface area contributed by atoms with E-state index in [1.54, 1.807) is 18.4 Å². The first kappa shape index (κ1) is 25.3. The molecule has 0 saturated carbocycles. The van der Waals surface area contributed by atoms with Crippen LogP contribution in [0.1, 0.15) is 54.2 Å². The molecule has 0 spiro atoms. The minimum absolute atomic E-state index is 0.102. The topological polar surface area (TPSA) is 95.2 Å². The van der Waals surface area contributed by atoms with Crippen LogP contribution in [0.5, 0.6) is 0 Å². The molecule has 8 nitrogen and oxygen atoms in total. The third-order valence-electron chi connectivity index (χ3n) is 7.61. The van der Waals surface area contributed by atoms with Crippen LogP contribution in [0.15, 0.2) is 47.3 Å². The van der Waals surface area contributed by atoms with Crippen LogP contribution in [0.4, 0.5) is 5.69 Å². The third kappa shape index (κ3) is 4.30. The predicted molar refractivity (Wildman–Crippen MR) is 155 cm³/mol. The molecule has 1 amide bonds. The molecule has 0 unspecified atom stereocenters. The molecule has 3 aromatic heterocycles. The monoisotopic (exact) mass is 542 g/mol. The van der Waals surface area contributed by atoms with Crippen LogP contribution >= 0.6 is 11.3 Å². The molecule has 6 rings (SSSR count). The lowest BCUT2D eigenvalue weighted by molar-refractivity contribution is -0.123. The Kier molecular flexibility index (Phi) is 6.46. The Hall–Kier alpha value is -3.98. The number of hydrogen-bond acceptors (Lipinski definition) is 6. The summed E-state index contributed by atoms with van der Waals surface area (Å²) in [5, 5.41) is 5.52. The highest BCUT2D eigenvalue weighted by atomic mass is 32.1. The molecule has 1 atom stereocenters. The highest BCUT2D eigenvalue weighted by Gasteiger charge is 2.26. The van der Waals surface area contributed by atoms with E-state index in [4.69, 9.17) is 9.72 Å². The van der Waals surface area contributed by atoms with Crippen LogP contribution in [0, 0.1) is 6.92 Å². The van der Waals surface area contributed by atoms with Crippen LogP contribution < -0.4 is 10.9 Å². The van der Waals surface area contributed by atoms with Crippen LogP contribution in [-0.2, 0) is 29.0 Å². The van der Waals surface area contributed by atoms with Gasteiger partial charge in [-0.25, -0.2) is 9.78 Å². The first-order chi connectivity index (χ1) is 18.9. The van der Waals surface area contributed by atoms with Crippen molar-refractivity contribution in [3.05, 3.63) is 69.1 Å². The van der Waals surface area contributed by atoms with Crippen LogP contribution in [-0.4, -0.2) is 32.1 Å². The second-order valence-corrected chi connectivity index (χ2v) is 11.1. The second kappa shape index (κ2) is 9.96. The van der Waals surface area contributed by atoms with E-state index in [1.807, 2.05) is 30.3 Å². The van der Waals surface area contributed by atoms with Gasteiger partial charge in [-0.05, 0) is 63.4 Å². The molecule has 0 radical (unpaired) electrons. The lowest BCUT2D eigenvalue weighted by Crippen LogP contribution is -2.30. The van der Waals surface area contributed by atoms with Crippen LogP contribution in [0.3, 0.4) is 0 Å². The van der Waals surface area contributed by atoms with Crippen LogP contribution in [0.25, 0.3) is 32.0 Å². The normalized spacial score (nSPS) is 14.3. The number of carbonyl (C=O) groups is 2. The first-order valence-electron chi connectivity index (χ1n) is 13.4. The Bertz CT molecular complexity index is 1830. The molecule has 200 valence electrons. The van der Waals surface area contributed by atoms with Gasteiger partial charge in [-0.1, -0.05) is 24.6 Å². The van der Waals surface area contributed by atoms with Gasteiger partial charge in [0.15, 0.2) is 6.10 Å². The number of rotatable bonds is 5. The minimum Gasteiger partial charge on any atom is -0.448 e. The van der Waals surface area contributed by atoms with E-state index in [9.17, 15) is 14.4 Å². The van der Waals surface area contributed by atoms with Gasteiger partial charge in [0.1, 0.15) is 15.5 Å². The molecule has 0 saturated heterocycles. The molecule has 4 heterocycles. The van der Waals surface area contributed by atoms with E-state index in [2.05, 4.69) is 28.9 Å². The summed E-state index contributed by atoms with van der Waals surface area (Å²) in [6.07, 6.45) is 2.74. The predicted octanol–water partition coefficient (Wildman–Crippen LogP) is 5.80. The molecule has 5 aromatic rings. The molecule has 1 aliphatic heterocycles. The fraction of sp³-hybridized carbons (Fsp3) is 0.333. The highest BCUT2D eigenvalue weighted by molar-refractivity contribution is 7.20. The zero-order valence-electron chi connectivity index (χ0n) is 22.2. The maximum Gasteiger partial charge on any atom is 0.349 e. The van der Waals surface area contributed by atoms with E-state index >= 15 is 0 Å². The molecule has 1 aliphatic rings. The van der Waals surface area contributed by atoms with Crippen molar-refractivity contribution in [2.45, 2.75) is 65.6 Å². The number of amides is 1. The third-order valence-corrected chi connectivity index (χ3v) is 8.77. The van der Waals surface area contributed by atoms with Crippen molar-refractivity contribution in [3.63, 3.8) is 0 Å². The smallest absolute Gasteiger partial charge is 0.349 e. The molecule has 2 aromatic carbocycles. The molecular weight excluding hydrogens is 512 g/mol. The Balaban J connectivity index is 1.23. The Morgan fingerprint density at radius 1 is 1.10 bits per heavy atom. The van der Waals surface area contributed by atoms with E-state index in [1.165, 1.54) is 0 Å². The van der Waals surface area contributed by atoms with Gasteiger partial charge >= 0.3 is 5.97 Å². The summed E-state index contributed by atoms with van der Waals surface area (Å²) in [7, 11) is 0. The summed E-state index contributed by atoms with van der Waals surface area (Å²) in [6.45, 7) is 6.89. The van der Waals surface area contributed by atoms with Gasteiger partial charge < -0.3 is 14.6 Å². The van der Waals surface area contributed by atoms with Crippen LogP contribution in [0.2, 0.25) is 0 Å². The summed E-state index contributed by atoms with van der Waals surface area (Å²) < 4.78 is 9.55. The SMILES string of the molecule is CCn1c2ccccc2c2cc(NC(=O)[C@@H](C)OC(=O)c3sc4nc5n(c(=O)c4c3C)CCCCC5)ccc21. The number of nitrogens with one attached hydrogen (secondary N) is 1. The average Bonchev–Trinajstić information content (AvgIpc) is 3.31. The van der Waals surface area contributed by atoms with E-state index in [0.29, 0.717) is 32.9 Å². The molecule has 9 heteroatoms. The maximum absolute atomic E-state index is 13.2. The lowest BCUT2D eigenvalue weighted by atomic mass is 10.1. The van der Waals surface area contributed by atoms with Gasteiger partial charge in [0.2, 0.25) is 0 Å². The highest BCUT2D eigenvalue weighted by Crippen LogP contribution is 2.32. The van der Waals surface area contributed by atoms with Crippen molar-refractivity contribution < 1.29 is 14.3 Å². The quantitative estimate of drug-likeness (QED) is 0.283. The molecule has 39 heavy (non-hydrogen) atoms. The number of anilines is 1. The van der Waals surface area contributed by atoms with E-state index in [-0.39, 0.29) is 5.56 Å². The number of hydrogen-bond donors (Lipinski definition) is 1. The second-order valence-electron chi connectivity index (χ2n) is 10.1. The fourth-order valence-electron chi connectivity index (χ4n) is 5.59. The Labute approximate surface area is 229 Å². The van der Waals surface area contributed by atoms with Gasteiger partial charge in [-0.3, -0.25) is 14.2 Å². The van der Waals surface area contributed by atoms with Crippen molar-refractivity contribution in [3.8, 4) is 0 Å². The zero-order valence-corrected chi connectivity index (χ0v) is 23.1. The minimum atomic E-state index is -1.03. The van der Waals surface area contributed by atoms with Gasteiger partial charge in [0.25, 0.3) is 11.5 Å². The lowest BCUT2D eigenvalue weighted by Gasteiger charge is -2.13. The summed E-state index contributed by atoms with van der Waals surface area (Å²) >= 11 is 1.16. The van der Waals surface area contributed by atoms with Crippen molar-refractivity contribution in [1.29, 1.82) is 0 Å². The van der Waals surface area contributed by atoms with Gasteiger partial charge in [-0.15, -0.1) is 11.3 Å². The molecule has 0 bridgehead atoms. The number of fused-ring (bicyclic) bond motifs is 5. The number of thiophene rings is 1. The molecule has 0 fully saturated rings. The fourth-order valence-corrected chi connectivity index (χ4v) is 6.66. The Morgan fingerprint density at radius 2 is 1.90 bits per heavy atom. The standard InChI is InChI=1S/C30H30N4O4S/c1-4-33-22-11-8-7-10-20(22)21-16-19(13-14-23(21)33)31-27(35)18(3)38-30(37)26-17(2)25-28(39-26)32-24-12-6-5-9-15-34(24)29(25)36/h7-8,10-11,13-14,16,18H,4-6,9,12,15H2,1-3H3,(H,31,35)/t18-/m1/s1. The number of ether oxygens (including phenoxy) is 1. The zero-order chi connectivity index (χ0) is 27.3. The number of benzene rings is 2. The molecule has 0 aliphatic carbocycles. The molecule has 1 N–H and O–H groups in total. The Morgan fingerprint density at radius 3 is 2.72 bits per heavy atom. The van der Waals surface area contributed by atoms with Crippen molar-refractivity contribution in [2.75, 3.05) is 5.32 Å². The van der Waals surface area contributed by atoms with Gasteiger partial charge in [0.05, 0.1) is 5.39 Å². The number of aryl methyl sites for hydroxylation is 3. The molecular formula is C30H30N4O4S. The maximum atomic E-state index is 13.2. The average molecular weight is 543 g/mol. The van der Waals surface area contributed by atoms with Crippen molar-refractivity contribution in [1.82, 2.24) is 14.1 Å². The number of para-hydroxylation sites is 1. The summed E-state index contributed by atoms with van der Waals surface area (Å²) in [5.74, 6) is -0.275. The van der Waals surface area contributed by atoms with E-state index in [0.717, 1.165) is 71.2 Å². The summed E-state index contributed by atoms with van der Waals surface area (Å²) in [5.41, 5.74) is 3.33. The summed E-state index contributed by atoms with van der Waals surface area (Å²) in [6, 6.07) is 14.0. The van der Waals surface area contributed by atoms with Crippen molar-refractivity contribution in [2.24, 2.45) is 0 Å². The van der Waals surface area contributed by atoms with Gasteiger partial charge in [0, 0.05) is 47.0 Å². The number of esters is 1. The van der Waals surface area contributed by atoms with Gasteiger partial charge in [-0.2, -0.15) is 0 Å². The largest absolute Gasteiger partial charge is 0.448 e. The number of aromatic nitrogens is 3. The first-order valence-corrected chi connectivity index (χ1v) is 14.2. The summed E-state index contributed by atoms with van der Waals surface area (Å²) in [4.78, 5) is 44.9.